The van der Waals surface area contributed by atoms with E-state index >= 15 is 0 Å². The Balaban J connectivity index is 2.31. The molecule has 120 valence electrons. The van der Waals surface area contributed by atoms with E-state index in [2.05, 4.69) is 4.98 Å². The lowest BCUT2D eigenvalue weighted by Gasteiger charge is -2.12. The van der Waals surface area contributed by atoms with E-state index in [-0.39, 0.29) is 28.3 Å². The maximum Gasteiger partial charge on any atom is 0.273 e. The summed E-state index contributed by atoms with van der Waals surface area (Å²) < 4.78 is 45.2. The fraction of sp³-hybridized carbons (Fsp3) is 0.176. The molecule has 0 amide bonds. The van der Waals surface area contributed by atoms with E-state index in [0.717, 1.165) is 0 Å². The molecule has 2 N–H and O–H groups in total. The SMILES string of the molecule is COc1cccc(-c2[nH]c3ccccc3c2C(F)C(F)F)c1O. The largest absolute Gasteiger partial charge is 0.504 e. The van der Waals surface area contributed by atoms with Gasteiger partial charge in [-0.05, 0) is 18.2 Å². The highest BCUT2D eigenvalue weighted by Crippen LogP contribution is 2.44. The molecule has 0 bridgehead atoms. The zero-order valence-corrected chi connectivity index (χ0v) is 12.2. The molecule has 3 aromatic rings. The Morgan fingerprint density at radius 1 is 1.04 bits per heavy atom. The number of aromatic amines is 1. The lowest BCUT2D eigenvalue weighted by molar-refractivity contribution is 0.0506. The van der Waals surface area contributed by atoms with Crippen LogP contribution in [-0.2, 0) is 0 Å². The van der Waals surface area contributed by atoms with Crippen LogP contribution in [0.3, 0.4) is 0 Å². The first kappa shape index (κ1) is 15.3. The number of phenolic OH excluding ortho intramolecular Hbond substituents is 1. The van der Waals surface area contributed by atoms with Crippen LogP contribution in [0, 0.1) is 0 Å². The summed E-state index contributed by atoms with van der Waals surface area (Å²) in [6, 6.07) is 11.2. The van der Waals surface area contributed by atoms with Crippen molar-refractivity contribution in [2.45, 2.75) is 12.6 Å². The van der Waals surface area contributed by atoms with Gasteiger partial charge in [-0.1, -0.05) is 24.3 Å². The van der Waals surface area contributed by atoms with Crippen LogP contribution in [0.25, 0.3) is 22.2 Å². The van der Waals surface area contributed by atoms with E-state index in [1.165, 1.54) is 19.2 Å². The summed E-state index contributed by atoms with van der Waals surface area (Å²) in [6.07, 6.45) is -5.63. The van der Waals surface area contributed by atoms with Gasteiger partial charge in [0.25, 0.3) is 6.43 Å². The monoisotopic (exact) mass is 321 g/mol. The maximum atomic E-state index is 14.2. The molecular weight excluding hydrogens is 307 g/mol. The summed E-state index contributed by atoms with van der Waals surface area (Å²) in [7, 11) is 1.38. The van der Waals surface area contributed by atoms with Crippen molar-refractivity contribution in [3.63, 3.8) is 0 Å². The Morgan fingerprint density at radius 3 is 2.48 bits per heavy atom. The molecule has 0 radical (unpaired) electrons. The molecule has 1 atom stereocenters. The van der Waals surface area contributed by atoms with Gasteiger partial charge in [0.2, 0.25) is 0 Å². The zero-order chi connectivity index (χ0) is 16.6. The van der Waals surface area contributed by atoms with Crippen molar-refractivity contribution in [1.82, 2.24) is 4.98 Å². The molecule has 23 heavy (non-hydrogen) atoms. The number of alkyl halides is 3. The molecular formula is C17H14F3NO2. The molecule has 1 heterocycles. The Morgan fingerprint density at radius 2 is 1.78 bits per heavy atom. The third-order valence-electron chi connectivity index (χ3n) is 3.73. The molecule has 0 spiro atoms. The zero-order valence-electron chi connectivity index (χ0n) is 12.2. The minimum atomic E-state index is -3.17. The van der Waals surface area contributed by atoms with E-state index in [9.17, 15) is 18.3 Å². The number of hydrogen-bond acceptors (Lipinski definition) is 2. The molecule has 3 nitrogen and oxygen atoms in total. The number of phenols is 1. The summed E-state index contributed by atoms with van der Waals surface area (Å²) in [6.45, 7) is 0. The summed E-state index contributed by atoms with van der Waals surface area (Å²) in [5.41, 5.74) is 0.677. The van der Waals surface area contributed by atoms with Crippen LogP contribution in [0.1, 0.15) is 11.7 Å². The number of rotatable bonds is 4. The van der Waals surface area contributed by atoms with Crippen LogP contribution < -0.4 is 4.74 Å². The maximum absolute atomic E-state index is 14.2. The Bertz CT molecular complexity index is 845. The highest BCUT2D eigenvalue weighted by molar-refractivity contribution is 5.92. The van der Waals surface area contributed by atoms with Crippen LogP contribution >= 0.6 is 0 Å². The minimum Gasteiger partial charge on any atom is -0.504 e. The second-order valence-corrected chi connectivity index (χ2v) is 5.05. The first-order valence-electron chi connectivity index (χ1n) is 6.93. The van der Waals surface area contributed by atoms with Crippen molar-refractivity contribution in [2.24, 2.45) is 0 Å². The number of aromatic nitrogens is 1. The molecule has 0 aliphatic rings. The fourth-order valence-corrected chi connectivity index (χ4v) is 2.68. The average molecular weight is 321 g/mol. The van der Waals surface area contributed by atoms with E-state index < -0.39 is 12.6 Å². The third kappa shape index (κ3) is 2.50. The highest BCUT2D eigenvalue weighted by atomic mass is 19.3. The van der Waals surface area contributed by atoms with Gasteiger partial charge in [-0.15, -0.1) is 0 Å². The fourth-order valence-electron chi connectivity index (χ4n) is 2.68. The topological polar surface area (TPSA) is 45.2 Å². The predicted octanol–water partition coefficient (Wildman–Crippen LogP) is 4.82. The Hall–Kier alpha value is -2.63. The van der Waals surface area contributed by atoms with Crippen LogP contribution in [0.5, 0.6) is 11.5 Å². The van der Waals surface area contributed by atoms with Crippen LogP contribution in [0.2, 0.25) is 0 Å². The number of ether oxygens (including phenoxy) is 1. The van der Waals surface area contributed by atoms with Crippen molar-refractivity contribution in [3.8, 4) is 22.8 Å². The average Bonchev–Trinajstić information content (AvgIpc) is 2.93. The van der Waals surface area contributed by atoms with Crippen molar-refractivity contribution in [3.05, 3.63) is 48.0 Å². The lowest BCUT2D eigenvalue weighted by Crippen LogP contribution is -2.04. The Kier molecular flexibility index (Phi) is 3.90. The van der Waals surface area contributed by atoms with Gasteiger partial charge in [0.15, 0.2) is 17.7 Å². The van der Waals surface area contributed by atoms with Gasteiger partial charge in [-0.3, -0.25) is 0 Å². The molecule has 0 fully saturated rings. The van der Waals surface area contributed by atoms with Gasteiger partial charge in [-0.25, -0.2) is 13.2 Å². The van der Waals surface area contributed by atoms with E-state index in [0.29, 0.717) is 10.9 Å². The van der Waals surface area contributed by atoms with Crippen LogP contribution in [-0.4, -0.2) is 23.6 Å². The van der Waals surface area contributed by atoms with Gasteiger partial charge in [0.1, 0.15) is 0 Å². The van der Waals surface area contributed by atoms with Crippen LogP contribution in [0.4, 0.5) is 13.2 Å². The number of aromatic hydroxyl groups is 1. The molecule has 0 saturated carbocycles. The number of methoxy groups -OCH3 is 1. The van der Waals surface area contributed by atoms with Gasteiger partial charge in [-0.2, -0.15) is 0 Å². The molecule has 1 unspecified atom stereocenters. The lowest BCUT2D eigenvalue weighted by atomic mass is 10.0. The van der Waals surface area contributed by atoms with E-state index in [1.54, 1.807) is 30.3 Å². The summed E-state index contributed by atoms with van der Waals surface area (Å²) in [4.78, 5) is 2.92. The number of nitrogens with one attached hydrogen (secondary N) is 1. The molecule has 1 aromatic heterocycles. The first-order valence-corrected chi connectivity index (χ1v) is 6.93. The Labute approximate surface area is 130 Å². The van der Waals surface area contributed by atoms with Gasteiger partial charge in [0, 0.05) is 22.0 Å². The van der Waals surface area contributed by atoms with Crippen LogP contribution in [0.15, 0.2) is 42.5 Å². The number of fused-ring (bicyclic) bond motifs is 1. The first-order chi connectivity index (χ1) is 11.0. The standard InChI is InChI=1S/C17H14F3NO2/c1-23-12-8-4-6-10(16(12)22)15-13(14(18)17(19)20)9-5-2-3-7-11(9)21-15/h2-8,14,17,21-22H,1H3. The second-order valence-electron chi connectivity index (χ2n) is 5.05. The molecule has 0 aliphatic heterocycles. The summed E-state index contributed by atoms with van der Waals surface area (Å²) >= 11 is 0. The molecule has 2 aromatic carbocycles. The number of para-hydroxylation sites is 2. The highest BCUT2D eigenvalue weighted by Gasteiger charge is 2.29. The van der Waals surface area contributed by atoms with Crippen molar-refractivity contribution >= 4 is 10.9 Å². The van der Waals surface area contributed by atoms with Crippen molar-refractivity contribution in [1.29, 1.82) is 0 Å². The third-order valence-corrected chi connectivity index (χ3v) is 3.73. The van der Waals surface area contributed by atoms with Gasteiger partial charge in [0.05, 0.1) is 12.8 Å². The summed E-state index contributed by atoms with van der Waals surface area (Å²) in [5, 5.41) is 10.6. The quantitative estimate of drug-likeness (QED) is 0.723. The van der Waals surface area contributed by atoms with Gasteiger partial charge < -0.3 is 14.8 Å². The van der Waals surface area contributed by atoms with E-state index in [1.807, 2.05) is 0 Å². The second kappa shape index (κ2) is 5.87. The number of halogens is 3. The molecule has 3 rings (SSSR count). The number of H-pyrrole nitrogens is 1. The van der Waals surface area contributed by atoms with Gasteiger partial charge >= 0.3 is 0 Å². The number of benzene rings is 2. The predicted molar refractivity (Wildman–Crippen MR) is 81.8 cm³/mol. The normalized spacial score (nSPS) is 12.7. The molecule has 6 heteroatoms. The van der Waals surface area contributed by atoms with Crippen molar-refractivity contribution in [2.75, 3.05) is 7.11 Å². The summed E-state index contributed by atoms with van der Waals surface area (Å²) in [5.74, 6) is -0.0520. The molecule has 0 saturated heterocycles. The molecule has 0 aliphatic carbocycles. The minimum absolute atomic E-state index is 0.121. The van der Waals surface area contributed by atoms with Crippen molar-refractivity contribution < 1.29 is 23.0 Å². The number of hydrogen-bond donors (Lipinski definition) is 2. The van der Waals surface area contributed by atoms with E-state index in [4.69, 9.17) is 4.74 Å². The smallest absolute Gasteiger partial charge is 0.273 e.